The highest BCUT2D eigenvalue weighted by Crippen LogP contribution is 2.58. The minimum absolute atomic E-state index is 0.0632. The molecule has 1 aromatic carbocycles. The van der Waals surface area contributed by atoms with Crippen LogP contribution in [0, 0.1) is 5.41 Å². The number of benzene rings is 1. The van der Waals surface area contributed by atoms with Crippen LogP contribution in [0.3, 0.4) is 0 Å². The van der Waals surface area contributed by atoms with Gasteiger partial charge >= 0.3 is 11.9 Å². The summed E-state index contributed by atoms with van der Waals surface area (Å²) in [5.41, 5.74) is 0.0559. The van der Waals surface area contributed by atoms with Gasteiger partial charge < -0.3 is 14.2 Å². The van der Waals surface area contributed by atoms with E-state index < -0.39 is 23.0 Å². The van der Waals surface area contributed by atoms with E-state index in [1.54, 1.807) is 13.8 Å². The number of carbonyl (C=O) groups is 2. The molecule has 5 heteroatoms. The summed E-state index contributed by atoms with van der Waals surface area (Å²) in [4.78, 5) is 25.6. The maximum atomic E-state index is 12.8. The van der Waals surface area contributed by atoms with Crippen LogP contribution in [0.2, 0.25) is 0 Å². The molecule has 5 nitrogen and oxygen atoms in total. The van der Waals surface area contributed by atoms with Crippen molar-refractivity contribution in [1.82, 2.24) is 0 Å². The molecule has 1 spiro atoms. The summed E-state index contributed by atoms with van der Waals surface area (Å²) in [7, 11) is 0. The van der Waals surface area contributed by atoms with E-state index in [1.807, 2.05) is 30.4 Å². The zero-order valence-electron chi connectivity index (χ0n) is 15.6. The van der Waals surface area contributed by atoms with E-state index in [4.69, 9.17) is 14.2 Å². The third-order valence-electron chi connectivity index (χ3n) is 5.75. The van der Waals surface area contributed by atoms with Gasteiger partial charge in [0.25, 0.3) is 0 Å². The molecule has 1 saturated carbocycles. The van der Waals surface area contributed by atoms with Gasteiger partial charge in [0.2, 0.25) is 0 Å². The van der Waals surface area contributed by atoms with Crippen LogP contribution < -0.4 is 0 Å². The van der Waals surface area contributed by atoms with Crippen LogP contribution in [0.25, 0.3) is 0 Å². The Morgan fingerprint density at radius 3 is 2.41 bits per heavy atom. The fraction of sp³-hybridized carbons (Fsp3) is 0.455. The molecule has 1 fully saturated rings. The highest BCUT2D eigenvalue weighted by molar-refractivity contribution is 6.01. The predicted octanol–water partition coefficient (Wildman–Crippen LogP) is 3.31. The fourth-order valence-electron chi connectivity index (χ4n) is 4.53. The minimum atomic E-state index is -1.34. The van der Waals surface area contributed by atoms with Gasteiger partial charge in [-0.05, 0) is 31.4 Å². The first kappa shape index (κ1) is 18.0. The van der Waals surface area contributed by atoms with Gasteiger partial charge in [-0.3, -0.25) is 9.59 Å². The molecule has 0 N–H and O–H groups in total. The molecule has 2 aliphatic heterocycles. The third-order valence-corrected chi connectivity index (χ3v) is 5.75. The third kappa shape index (κ3) is 2.72. The molecule has 2 heterocycles. The maximum absolute atomic E-state index is 12.8. The summed E-state index contributed by atoms with van der Waals surface area (Å²) in [5.74, 6) is -0.983. The quantitative estimate of drug-likeness (QED) is 0.453. The van der Waals surface area contributed by atoms with Crippen LogP contribution in [0.4, 0.5) is 0 Å². The monoisotopic (exact) mass is 368 g/mol. The first-order valence-electron chi connectivity index (χ1n) is 9.52. The summed E-state index contributed by atoms with van der Waals surface area (Å²) in [5, 5.41) is 0. The van der Waals surface area contributed by atoms with Gasteiger partial charge in [0.05, 0.1) is 19.3 Å². The Labute approximate surface area is 159 Å². The molecule has 1 aromatic rings. The van der Waals surface area contributed by atoms with E-state index in [0.29, 0.717) is 0 Å². The normalized spacial score (nSPS) is 29.8. The lowest BCUT2D eigenvalue weighted by molar-refractivity contribution is -0.173. The Morgan fingerprint density at radius 2 is 1.78 bits per heavy atom. The molecule has 3 atom stereocenters. The Morgan fingerprint density at radius 1 is 1.11 bits per heavy atom. The number of ether oxygens (including phenoxy) is 3. The van der Waals surface area contributed by atoms with Crippen molar-refractivity contribution in [2.24, 2.45) is 5.41 Å². The molecule has 2 bridgehead atoms. The number of rotatable bonds is 5. The maximum Gasteiger partial charge on any atom is 0.323 e. The lowest BCUT2D eigenvalue weighted by Gasteiger charge is -2.34. The van der Waals surface area contributed by atoms with E-state index in [-0.39, 0.29) is 38.1 Å². The molecular formula is C22H24O5. The molecular weight excluding hydrogens is 344 g/mol. The Bertz CT molecular complexity index is 791. The molecule has 142 valence electrons. The number of fused-ring (bicyclic) bond motifs is 1. The highest BCUT2D eigenvalue weighted by atomic mass is 16.6. The summed E-state index contributed by atoms with van der Waals surface area (Å²) in [6.07, 6.45) is 6.63. The van der Waals surface area contributed by atoms with Crippen LogP contribution in [0.5, 0.6) is 0 Å². The molecule has 0 amide bonds. The van der Waals surface area contributed by atoms with Gasteiger partial charge in [-0.25, -0.2) is 0 Å². The standard InChI is InChI=1S/C22H24O5/c1-3-25-19(23)21(20(24)26-4-2)13-16-12-17(15-8-6-5-7-9-15)18-10-11-22(16,14-21)27-18/h5-12,17-18H,3-4,13-14H2,1-2H3/t17-,18+,22+/m1/s1. The molecule has 0 radical (unpaired) electrons. The van der Waals surface area contributed by atoms with Crippen LogP contribution >= 0.6 is 0 Å². The van der Waals surface area contributed by atoms with Crippen molar-refractivity contribution in [3.05, 3.63) is 59.7 Å². The van der Waals surface area contributed by atoms with E-state index in [1.165, 1.54) is 0 Å². The number of esters is 2. The predicted molar refractivity (Wildman–Crippen MR) is 98.9 cm³/mol. The second kappa shape index (κ2) is 6.64. The van der Waals surface area contributed by atoms with Gasteiger partial charge in [0.1, 0.15) is 5.60 Å². The first-order chi connectivity index (χ1) is 13.0. The smallest absolute Gasteiger partial charge is 0.323 e. The van der Waals surface area contributed by atoms with E-state index >= 15 is 0 Å². The van der Waals surface area contributed by atoms with Crippen LogP contribution in [0.1, 0.15) is 38.2 Å². The van der Waals surface area contributed by atoms with E-state index in [9.17, 15) is 9.59 Å². The van der Waals surface area contributed by atoms with Crippen molar-refractivity contribution < 1.29 is 23.8 Å². The first-order valence-corrected chi connectivity index (χ1v) is 9.52. The Kier molecular flexibility index (Phi) is 4.42. The topological polar surface area (TPSA) is 61.8 Å². The highest BCUT2D eigenvalue weighted by Gasteiger charge is 2.64. The summed E-state index contributed by atoms with van der Waals surface area (Å²) >= 11 is 0. The molecule has 4 rings (SSSR count). The van der Waals surface area contributed by atoms with Gasteiger partial charge in [-0.1, -0.05) is 48.6 Å². The Hall–Kier alpha value is -2.40. The van der Waals surface area contributed by atoms with Crippen LogP contribution in [0.15, 0.2) is 54.1 Å². The van der Waals surface area contributed by atoms with Crippen molar-refractivity contribution in [2.75, 3.05) is 13.2 Å². The fourth-order valence-corrected chi connectivity index (χ4v) is 4.53. The van der Waals surface area contributed by atoms with Gasteiger partial charge in [-0.15, -0.1) is 0 Å². The van der Waals surface area contributed by atoms with Crippen LogP contribution in [-0.2, 0) is 23.8 Å². The zero-order valence-corrected chi connectivity index (χ0v) is 15.6. The average Bonchev–Trinajstić information content (AvgIpc) is 3.22. The lowest BCUT2D eigenvalue weighted by Crippen LogP contribution is -2.42. The number of hydrogen-bond donors (Lipinski definition) is 0. The average molecular weight is 368 g/mol. The lowest BCUT2D eigenvalue weighted by atomic mass is 9.84. The molecule has 0 saturated heterocycles. The molecule has 0 unspecified atom stereocenters. The Balaban J connectivity index is 1.74. The van der Waals surface area contributed by atoms with Crippen molar-refractivity contribution in [1.29, 1.82) is 0 Å². The molecule has 0 aromatic heterocycles. The molecule has 3 aliphatic rings. The van der Waals surface area contributed by atoms with Crippen molar-refractivity contribution in [3.63, 3.8) is 0 Å². The van der Waals surface area contributed by atoms with Crippen molar-refractivity contribution in [2.45, 2.75) is 44.3 Å². The summed E-state index contributed by atoms with van der Waals surface area (Å²) < 4.78 is 16.9. The van der Waals surface area contributed by atoms with Gasteiger partial charge in [-0.2, -0.15) is 0 Å². The van der Waals surface area contributed by atoms with E-state index in [2.05, 4.69) is 18.2 Å². The van der Waals surface area contributed by atoms with Crippen LogP contribution in [-0.4, -0.2) is 36.9 Å². The van der Waals surface area contributed by atoms with Crippen molar-refractivity contribution in [3.8, 4) is 0 Å². The van der Waals surface area contributed by atoms with Gasteiger partial charge in [0.15, 0.2) is 5.41 Å². The van der Waals surface area contributed by atoms with Crippen molar-refractivity contribution >= 4 is 11.9 Å². The van der Waals surface area contributed by atoms with Gasteiger partial charge in [0, 0.05) is 12.3 Å². The number of carbonyl (C=O) groups excluding carboxylic acids is 2. The SMILES string of the molecule is CCOC(=O)C1(C(=O)OCC)CC2=C[C@H](c3ccccc3)[C@@H]3C=C[C@@]2(C1)O3. The summed E-state index contributed by atoms with van der Waals surface area (Å²) in [6, 6.07) is 10.1. The summed E-state index contributed by atoms with van der Waals surface area (Å²) in [6.45, 7) is 3.92. The number of hydrogen-bond acceptors (Lipinski definition) is 5. The second-order valence-corrected chi connectivity index (χ2v) is 7.34. The second-order valence-electron chi connectivity index (χ2n) is 7.34. The molecule has 1 aliphatic carbocycles. The largest absolute Gasteiger partial charge is 0.465 e. The molecule has 27 heavy (non-hydrogen) atoms. The zero-order chi connectivity index (χ0) is 19.1. The van der Waals surface area contributed by atoms with E-state index in [0.717, 1.165) is 11.1 Å². The minimum Gasteiger partial charge on any atom is -0.465 e.